The van der Waals surface area contributed by atoms with Crippen molar-refractivity contribution in [3.63, 3.8) is 0 Å². The first-order chi connectivity index (χ1) is 10.1. The summed E-state index contributed by atoms with van der Waals surface area (Å²) in [7, 11) is 2.98. The number of hydrogen-bond donors (Lipinski definition) is 1. The second-order valence-electron chi connectivity index (χ2n) is 4.38. The van der Waals surface area contributed by atoms with Gasteiger partial charge in [-0.15, -0.1) is 0 Å². The third-order valence-electron chi connectivity index (χ3n) is 2.77. The highest BCUT2D eigenvalue weighted by molar-refractivity contribution is 5.92. The zero-order chi connectivity index (χ0) is 15.7. The van der Waals surface area contributed by atoms with E-state index in [2.05, 4.69) is 5.32 Å². The van der Waals surface area contributed by atoms with Gasteiger partial charge >= 0.3 is 5.97 Å². The lowest BCUT2D eigenvalue weighted by Crippen LogP contribution is -2.29. The van der Waals surface area contributed by atoms with Gasteiger partial charge in [-0.25, -0.2) is 4.79 Å². The van der Waals surface area contributed by atoms with Gasteiger partial charge in [0.1, 0.15) is 11.5 Å². The SMILES string of the molecule is CCCCNC(=O)COC(=O)c1cc(OC)cc(OC)c1. The Hall–Kier alpha value is -2.24. The van der Waals surface area contributed by atoms with Crippen LogP contribution in [0, 0.1) is 0 Å². The Balaban J connectivity index is 2.57. The zero-order valence-electron chi connectivity index (χ0n) is 12.6. The molecule has 0 bridgehead atoms. The molecule has 1 N–H and O–H groups in total. The molecule has 6 heteroatoms. The minimum Gasteiger partial charge on any atom is -0.497 e. The summed E-state index contributed by atoms with van der Waals surface area (Å²) in [5.74, 6) is 0.0481. The van der Waals surface area contributed by atoms with Crippen LogP contribution in [0.4, 0.5) is 0 Å². The zero-order valence-corrected chi connectivity index (χ0v) is 12.6. The highest BCUT2D eigenvalue weighted by Gasteiger charge is 2.13. The molecule has 21 heavy (non-hydrogen) atoms. The van der Waals surface area contributed by atoms with E-state index in [1.807, 2.05) is 6.92 Å². The number of methoxy groups -OCH3 is 2. The summed E-state index contributed by atoms with van der Waals surface area (Å²) in [6.45, 7) is 2.31. The standard InChI is InChI=1S/C15H21NO5/c1-4-5-6-16-14(17)10-21-15(18)11-7-12(19-2)9-13(8-11)20-3/h7-9H,4-6,10H2,1-3H3,(H,16,17). The first-order valence-corrected chi connectivity index (χ1v) is 6.77. The number of amides is 1. The predicted octanol–water partition coefficient (Wildman–Crippen LogP) is 1.78. The summed E-state index contributed by atoms with van der Waals surface area (Å²) in [6.07, 6.45) is 1.89. The number of unbranched alkanes of at least 4 members (excludes halogenated alkanes) is 1. The number of rotatable bonds is 8. The molecule has 0 atom stereocenters. The van der Waals surface area contributed by atoms with Gasteiger partial charge in [-0.3, -0.25) is 4.79 Å². The van der Waals surface area contributed by atoms with E-state index >= 15 is 0 Å². The van der Waals surface area contributed by atoms with Crippen LogP contribution in [-0.4, -0.2) is 39.2 Å². The van der Waals surface area contributed by atoms with Gasteiger partial charge in [-0.1, -0.05) is 13.3 Å². The fourth-order valence-corrected chi connectivity index (χ4v) is 1.60. The lowest BCUT2D eigenvalue weighted by Gasteiger charge is -2.09. The Morgan fingerprint density at radius 1 is 1.10 bits per heavy atom. The Labute approximate surface area is 124 Å². The molecule has 1 amide bonds. The molecule has 0 saturated carbocycles. The summed E-state index contributed by atoms with van der Waals surface area (Å²) >= 11 is 0. The molecular weight excluding hydrogens is 274 g/mol. The Kier molecular flexibility index (Phi) is 7.08. The number of carbonyl (C=O) groups excluding carboxylic acids is 2. The average molecular weight is 295 g/mol. The van der Waals surface area contributed by atoms with Crippen molar-refractivity contribution in [2.75, 3.05) is 27.4 Å². The van der Waals surface area contributed by atoms with Gasteiger partial charge in [0.2, 0.25) is 0 Å². The molecule has 1 rings (SSSR count). The van der Waals surface area contributed by atoms with Crippen molar-refractivity contribution in [3.8, 4) is 11.5 Å². The molecule has 1 aromatic carbocycles. The van der Waals surface area contributed by atoms with E-state index < -0.39 is 5.97 Å². The average Bonchev–Trinajstić information content (AvgIpc) is 2.52. The summed E-state index contributed by atoms with van der Waals surface area (Å²) in [4.78, 5) is 23.4. The Bertz CT molecular complexity index is 465. The van der Waals surface area contributed by atoms with E-state index in [4.69, 9.17) is 14.2 Å². The number of hydrogen-bond acceptors (Lipinski definition) is 5. The maximum atomic E-state index is 11.9. The van der Waals surface area contributed by atoms with Crippen LogP contribution in [0.2, 0.25) is 0 Å². The van der Waals surface area contributed by atoms with Crippen LogP contribution in [0.5, 0.6) is 11.5 Å². The Morgan fingerprint density at radius 3 is 2.24 bits per heavy atom. The van der Waals surface area contributed by atoms with E-state index in [-0.39, 0.29) is 18.1 Å². The van der Waals surface area contributed by atoms with Gasteiger partial charge < -0.3 is 19.5 Å². The molecule has 0 saturated heterocycles. The third-order valence-corrected chi connectivity index (χ3v) is 2.77. The van der Waals surface area contributed by atoms with Gasteiger partial charge in [-0.05, 0) is 18.6 Å². The normalized spacial score (nSPS) is 9.86. The number of ether oxygens (including phenoxy) is 3. The molecule has 0 aliphatic rings. The first-order valence-electron chi connectivity index (χ1n) is 6.77. The molecule has 6 nitrogen and oxygen atoms in total. The van der Waals surface area contributed by atoms with Gasteiger partial charge in [0.15, 0.2) is 6.61 Å². The monoisotopic (exact) mass is 295 g/mol. The molecule has 0 fully saturated rings. The Morgan fingerprint density at radius 2 is 1.71 bits per heavy atom. The van der Waals surface area contributed by atoms with Crippen LogP contribution in [-0.2, 0) is 9.53 Å². The number of carbonyl (C=O) groups is 2. The molecular formula is C15H21NO5. The molecule has 0 aliphatic heterocycles. The van der Waals surface area contributed by atoms with Crippen molar-refractivity contribution in [2.24, 2.45) is 0 Å². The lowest BCUT2D eigenvalue weighted by molar-refractivity contribution is -0.124. The van der Waals surface area contributed by atoms with E-state index in [1.54, 1.807) is 6.07 Å². The molecule has 116 valence electrons. The van der Waals surface area contributed by atoms with Crippen molar-refractivity contribution in [2.45, 2.75) is 19.8 Å². The summed E-state index contributed by atoms with van der Waals surface area (Å²) in [5, 5.41) is 2.67. The summed E-state index contributed by atoms with van der Waals surface area (Å²) in [6, 6.07) is 4.70. The van der Waals surface area contributed by atoms with E-state index in [0.717, 1.165) is 12.8 Å². The number of esters is 1. The van der Waals surface area contributed by atoms with Crippen molar-refractivity contribution in [1.82, 2.24) is 5.32 Å². The van der Waals surface area contributed by atoms with Crippen molar-refractivity contribution < 1.29 is 23.8 Å². The first kappa shape index (κ1) is 16.8. The summed E-state index contributed by atoms with van der Waals surface area (Å²) < 4.78 is 15.1. The van der Waals surface area contributed by atoms with Gasteiger partial charge in [-0.2, -0.15) is 0 Å². The fraction of sp³-hybridized carbons (Fsp3) is 0.467. The molecule has 1 aromatic rings. The minimum atomic E-state index is -0.599. The van der Waals surface area contributed by atoms with Crippen LogP contribution >= 0.6 is 0 Å². The highest BCUT2D eigenvalue weighted by atomic mass is 16.5. The molecule has 0 aliphatic carbocycles. The largest absolute Gasteiger partial charge is 0.497 e. The second-order valence-corrected chi connectivity index (χ2v) is 4.38. The van der Waals surface area contributed by atoms with Crippen molar-refractivity contribution in [1.29, 1.82) is 0 Å². The van der Waals surface area contributed by atoms with Crippen LogP contribution in [0.15, 0.2) is 18.2 Å². The maximum absolute atomic E-state index is 11.9. The molecule has 0 unspecified atom stereocenters. The third kappa shape index (κ3) is 5.72. The lowest BCUT2D eigenvalue weighted by atomic mass is 10.2. The topological polar surface area (TPSA) is 73.9 Å². The highest BCUT2D eigenvalue weighted by Crippen LogP contribution is 2.22. The number of benzene rings is 1. The van der Waals surface area contributed by atoms with E-state index in [1.165, 1.54) is 26.4 Å². The minimum absolute atomic E-state index is 0.271. The summed E-state index contributed by atoms with van der Waals surface area (Å²) in [5.41, 5.74) is 0.271. The van der Waals surface area contributed by atoms with Gasteiger partial charge in [0, 0.05) is 12.6 Å². The van der Waals surface area contributed by atoms with Crippen LogP contribution in [0.3, 0.4) is 0 Å². The molecule has 0 heterocycles. The van der Waals surface area contributed by atoms with Gasteiger partial charge in [0.25, 0.3) is 5.91 Å². The number of nitrogens with one attached hydrogen (secondary N) is 1. The van der Waals surface area contributed by atoms with Crippen LogP contribution in [0.25, 0.3) is 0 Å². The van der Waals surface area contributed by atoms with E-state index in [9.17, 15) is 9.59 Å². The van der Waals surface area contributed by atoms with Crippen molar-refractivity contribution in [3.05, 3.63) is 23.8 Å². The van der Waals surface area contributed by atoms with Crippen molar-refractivity contribution >= 4 is 11.9 Å². The molecule has 0 radical (unpaired) electrons. The maximum Gasteiger partial charge on any atom is 0.338 e. The van der Waals surface area contributed by atoms with E-state index in [0.29, 0.717) is 18.0 Å². The molecule has 0 spiro atoms. The van der Waals surface area contributed by atoms with Crippen LogP contribution < -0.4 is 14.8 Å². The van der Waals surface area contributed by atoms with Crippen LogP contribution in [0.1, 0.15) is 30.1 Å². The second kappa shape index (κ2) is 8.84. The quantitative estimate of drug-likeness (QED) is 0.584. The van der Waals surface area contributed by atoms with Gasteiger partial charge in [0.05, 0.1) is 19.8 Å². The molecule has 0 aromatic heterocycles. The predicted molar refractivity (Wildman–Crippen MR) is 77.7 cm³/mol. The fourth-order valence-electron chi connectivity index (χ4n) is 1.60. The smallest absolute Gasteiger partial charge is 0.338 e.